The van der Waals surface area contributed by atoms with Crippen LogP contribution in [-0.4, -0.2) is 22.2 Å². The number of hydrogen-bond donors (Lipinski definition) is 1. The lowest BCUT2D eigenvalue weighted by molar-refractivity contribution is -0.0503. The molecule has 0 saturated heterocycles. The number of halogens is 2. The third kappa shape index (κ3) is 3.99. The molecule has 4 fully saturated rings. The molecular weight excluding hydrogens is 409 g/mol. The molecule has 6 rings (SSSR count). The van der Waals surface area contributed by atoms with Gasteiger partial charge in [0.15, 0.2) is 6.73 Å². The molecule has 1 aromatic heterocycles. The Kier molecular flexibility index (Phi) is 4.99. The molecule has 0 unspecified atom stereocenters. The van der Waals surface area contributed by atoms with E-state index >= 15 is 0 Å². The molecule has 0 spiro atoms. The van der Waals surface area contributed by atoms with Gasteiger partial charge in [0.1, 0.15) is 11.4 Å². The molecule has 1 N–H and O–H groups in total. The van der Waals surface area contributed by atoms with Crippen LogP contribution in [0.1, 0.15) is 49.0 Å². The first-order valence-electron chi connectivity index (χ1n) is 10.4. The van der Waals surface area contributed by atoms with Gasteiger partial charge in [-0.1, -0.05) is 23.2 Å². The molecule has 154 valence electrons. The number of hydrogen-bond acceptors (Lipinski definition) is 3. The first-order valence-corrected chi connectivity index (χ1v) is 11.1. The van der Waals surface area contributed by atoms with Gasteiger partial charge in [0.05, 0.1) is 5.02 Å². The lowest BCUT2D eigenvalue weighted by Gasteiger charge is -2.56. The van der Waals surface area contributed by atoms with Gasteiger partial charge in [0, 0.05) is 17.8 Å². The van der Waals surface area contributed by atoms with E-state index in [1.54, 1.807) is 35.1 Å². The highest BCUT2D eigenvalue weighted by Crippen LogP contribution is 2.59. The summed E-state index contributed by atoms with van der Waals surface area (Å²) >= 11 is 12.0. The Morgan fingerprint density at radius 3 is 2.48 bits per heavy atom. The lowest BCUT2D eigenvalue weighted by Crippen LogP contribution is -2.51. The highest BCUT2D eigenvalue weighted by Gasteiger charge is 2.50. The number of benzene rings is 1. The largest absolute Gasteiger partial charge is 0.470 e. The van der Waals surface area contributed by atoms with Crippen LogP contribution >= 0.6 is 23.2 Å². The molecular formula is C22H25Cl2N3O2. The van der Waals surface area contributed by atoms with Crippen molar-refractivity contribution in [1.82, 2.24) is 15.1 Å². The molecule has 0 aliphatic heterocycles. The molecule has 0 radical (unpaired) electrons. The minimum Gasteiger partial charge on any atom is -0.470 e. The van der Waals surface area contributed by atoms with Crippen LogP contribution in [0.15, 0.2) is 30.5 Å². The van der Waals surface area contributed by atoms with Crippen molar-refractivity contribution in [3.05, 3.63) is 46.2 Å². The van der Waals surface area contributed by atoms with Crippen molar-refractivity contribution in [3.8, 4) is 5.75 Å². The minimum absolute atomic E-state index is 0.107. The maximum absolute atomic E-state index is 12.7. The Hall–Kier alpha value is -1.72. The second-order valence-corrected chi connectivity index (χ2v) is 10.0. The van der Waals surface area contributed by atoms with Crippen LogP contribution in [0, 0.1) is 23.2 Å². The molecule has 1 amide bonds. The number of ether oxygens (including phenoxy) is 1. The highest BCUT2D eigenvalue weighted by molar-refractivity contribution is 6.35. The molecule has 2 aromatic rings. The molecule has 4 aliphatic carbocycles. The van der Waals surface area contributed by atoms with Gasteiger partial charge in [-0.05, 0) is 86.0 Å². The second-order valence-electron chi connectivity index (χ2n) is 9.19. The Bertz CT molecular complexity index is 891. The van der Waals surface area contributed by atoms with E-state index in [9.17, 15) is 4.79 Å². The number of amides is 1. The van der Waals surface area contributed by atoms with E-state index in [1.165, 1.54) is 38.5 Å². The Morgan fingerprint density at radius 1 is 1.14 bits per heavy atom. The molecule has 4 saturated carbocycles. The van der Waals surface area contributed by atoms with E-state index in [0.717, 1.165) is 24.3 Å². The second kappa shape index (κ2) is 7.51. The third-order valence-corrected chi connectivity index (χ3v) is 7.44. The topological polar surface area (TPSA) is 56.2 Å². The number of carbonyl (C=O) groups is 1. The van der Waals surface area contributed by atoms with Crippen LogP contribution in [0.4, 0.5) is 0 Å². The molecule has 0 atom stereocenters. The summed E-state index contributed by atoms with van der Waals surface area (Å²) in [6.07, 6.45) is 9.82. The molecule has 1 aromatic carbocycles. The quantitative estimate of drug-likeness (QED) is 0.682. The summed E-state index contributed by atoms with van der Waals surface area (Å²) < 4.78 is 7.26. The van der Waals surface area contributed by atoms with Crippen molar-refractivity contribution in [2.24, 2.45) is 23.2 Å². The van der Waals surface area contributed by atoms with Crippen molar-refractivity contribution < 1.29 is 9.53 Å². The van der Waals surface area contributed by atoms with Gasteiger partial charge in [-0.3, -0.25) is 4.79 Å². The van der Waals surface area contributed by atoms with Crippen LogP contribution in [-0.2, 0) is 6.73 Å². The zero-order valence-electron chi connectivity index (χ0n) is 16.2. The number of nitrogens with one attached hydrogen (secondary N) is 1. The number of nitrogens with zero attached hydrogens (tertiary/aromatic N) is 2. The summed E-state index contributed by atoms with van der Waals surface area (Å²) in [5.41, 5.74) is 0.738. The minimum atomic E-state index is -0.107. The van der Waals surface area contributed by atoms with Gasteiger partial charge in [-0.25, -0.2) is 4.68 Å². The monoisotopic (exact) mass is 433 g/mol. The van der Waals surface area contributed by atoms with Crippen LogP contribution in [0.3, 0.4) is 0 Å². The summed E-state index contributed by atoms with van der Waals surface area (Å²) in [7, 11) is 0. The van der Waals surface area contributed by atoms with Crippen molar-refractivity contribution in [3.63, 3.8) is 0 Å². The standard InChI is InChI=1S/C22H25Cl2N3O2/c23-17-1-2-20(18(24)8-17)29-13-27-4-3-19(26-27)21(28)25-12-22-9-14-5-15(10-22)7-16(6-14)11-22/h1-4,8,14-16H,5-7,9-13H2,(H,25,28). The maximum atomic E-state index is 12.7. The summed E-state index contributed by atoms with van der Waals surface area (Å²) in [6.45, 7) is 0.947. The Balaban J connectivity index is 1.17. The summed E-state index contributed by atoms with van der Waals surface area (Å²) in [4.78, 5) is 12.7. The highest BCUT2D eigenvalue weighted by atomic mass is 35.5. The first-order chi connectivity index (χ1) is 14.0. The molecule has 4 aliphatic rings. The van der Waals surface area contributed by atoms with E-state index < -0.39 is 0 Å². The van der Waals surface area contributed by atoms with Crippen LogP contribution < -0.4 is 10.1 Å². The first kappa shape index (κ1) is 19.3. The van der Waals surface area contributed by atoms with Gasteiger partial charge < -0.3 is 10.1 Å². The van der Waals surface area contributed by atoms with Gasteiger partial charge >= 0.3 is 0 Å². The van der Waals surface area contributed by atoms with Gasteiger partial charge in [-0.15, -0.1) is 0 Å². The Morgan fingerprint density at radius 2 is 1.83 bits per heavy atom. The zero-order valence-corrected chi connectivity index (χ0v) is 17.8. The SMILES string of the molecule is O=C(NCC12CC3CC(CC(C3)C1)C2)c1ccn(COc2ccc(Cl)cc2Cl)n1. The Labute approximate surface area is 180 Å². The van der Waals surface area contributed by atoms with Gasteiger partial charge in [-0.2, -0.15) is 5.10 Å². The molecule has 7 heteroatoms. The predicted molar refractivity (Wildman–Crippen MR) is 112 cm³/mol. The smallest absolute Gasteiger partial charge is 0.271 e. The fourth-order valence-corrected chi connectivity index (χ4v) is 6.61. The van der Waals surface area contributed by atoms with Crippen LogP contribution in [0.25, 0.3) is 0 Å². The zero-order chi connectivity index (χ0) is 20.0. The van der Waals surface area contributed by atoms with E-state index in [0.29, 0.717) is 26.9 Å². The fraction of sp³-hybridized carbons (Fsp3) is 0.545. The third-order valence-electron chi connectivity index (χ3n) is 6.91. The lowest BCUT2D eigenvalue weighted by atomic mass is 9.49. The summed E-state index contributed by atoms with van der Waals surface area (Å²) in [5.74, 6) is 3.07. The maximum Gasteiger partial charge on any atom is 0.271 e. The fourth-order valence-electron chi connectivity index (χ4n) is 6.15. The van der Waals surface area contributed by atoms with Crippen LogP contribution in [0.5, 0.6) is 5.75 Å². The summed E-state index contributed by atoms with van der Waals surface area (Å²) in [6, 6.07) is 6.79. The van der Waals surface area contributed by atoms with E-state index in [2.05, 4.69) is 10.4 Å². The van der Waals surface area contributed by atoms with Crippen molar-refractivity contribution >= 4 is 29.1 Å². The molecule has 29 heavy (non-hydrogen) atoms. The average Bonchev–Trinajstić information content (AvgIpc) is 3.13. The van der Waals surface area contributed by atoms with Crippen molar-refractivity contribution in [2.75, 3.05) is 6.54 Å². The van der Waals surface area contributed by atoms with Crippen molar-refractivity contribution in [2.45, 2.75) is 45.3 Å². The molecule has 4 bridgehead atoms. The number of carbonyl (C=O) groups excluding carboxylic acids is 1. The predicted octanol–water partition coefficient (Wildman–Crippen LogP) is 5.17. The van der Waals surface area contributed by atoms with E-state index in [1.807, 2.05) is 0 Å². The van der Waals surface area contributed by atoms with Gasteiger partial charge in [0.25, 0.3) is 5.91 Å². The van der Waals surface area contributed by atoms with Gasteiger partial charge in [0.2, 0.25) is 0 Å². The number of rotatable bonds is 6. The van der Waals surface area contributed by atoms with E-state index in [-0.39, 0.29) is 12.6 Å². The van der Waals surface area contributed by atoms with Crippen molar-refractivity contribution in [1.29, 1.82) is 0 Å². The normalized spacial score (nSPS) is 29.8. The summed E-state index contributed by atoms with van der Waals surface area (Å²) in [5, 5.41) is 8.51. The number of aromatic nitrogens is 2. The van der Waals surface area contributed by atoms with E-state index in [4.69, 9.17) is 27.9 Å². The average molecular weight is 434 g/mol. The molecule has 1 heterocycles. The van der Waals surface area contributed by atoms with Crippen LogP contribution in [0.2, 0.25) is 10.0 Å². The molecule has 5 nitrogen and oxygen atoms in total.